The van der Waals surface area contributed by atoms with Gasteiger partial charge < -0.3 is 4.90 Å². The second-order valence-corrected chi connectivity index (χ2v) is 7.59. The molecule has 26 heavy (non-hydrogen) atoms. The minimum absolute atomic E-state index is 0.00135. The smallest absolute Gasteiger partial charge is 0.254 e. The Morgan fingerprint density at radius 3 is 2.58 bits per heavy atom. The number of benzene rings is 1. The van der Waals surface area contributed by atoms with Gasteiger partial charge in [-0.2, -0.15) is 0 Å². The molecule has 1 saturated carbocycles. The molecule has 1 aliphatic heterocycles. The number of rotatable bonds is 5. The topological polar surface area (TPSA) is 69.7 Å². The predicted octanol–water partition coefficient (Wildman–Crippen LogP) is 2.71. The summed E-state index contributed by atoms with van der Waals surface area (Å²) >= 11 is 1.65. The third-order valence-corrected chi connectivity index (χ3v) is 5.44. The molecule has 1 aromatic heterocycles. The fraction of sp³-hybridized carbons (Fsp3) is 0.316. The molecule has 2 aromatic rings. The van der Waals surface area contributed by atoms with Crippen LogP contribution in [0, 0.1) is 0 Å². The van der Waals surface area contributed by atoms with Crippen molar-refractivity contribution in [2.75, 3.05) is 5.01 Å². The zero-order valence-corrected chi connectivity index (χ0v) is 15.0. The van der Waals surface area contributed by atoms with E-state index in [1.165, 1.54) is 9.89 Å². The van der Waals surface area contributed by atoms with Crippen molar-refractivity contribution in [1.82, 2.24) is 10.3 Å². The molecule has 6 nitrogen and oxygen atoms in total. The quantitative estimate of drug-likeness (QED) is 0.881. The summed E-state index contributed by atoms with van der Waals surface area (Å²) in [7, 11) is 0. The van der Waals surface area contributed by atoms with Crippen LogP contribution in [0.2, 0.25) is 0 Å². The van der Waals surface area contributed by atoms with Gasteiger partial charge in [-0.25, -0.2) is 5.01 Å². The third kappa shape index (κ3) is 3.48. The summed E-state index contributed by atoms with van der Waals surface area (Å²) in [6.45, 7) is 0.629. The molecular formula is C19H19N3O3S. The van der Waals surface area contributed by atoms with Gasteiger partial charge in [0.05, 0.1) is 12.2 Å². The largest absolute Gasteiger partial charge is 0.331 e. The van der Waals surface area contributed by atoms with Crippen molar-refractivity contribution in [2.24, 2.45) is 0 Å². The standard InChI is InChI=1S/C19H19N3O3S/c23-17-9-10-18(24)22(20-17)15-5-3-13(4-6-15)19(25)21(14-7-8-14)12-16-2-1-11-26-16/h1-6,11,14H,7-10,12H2,(H,20,23). The van der Waals surface area contributed by atoms with Gasteiger partial charge in [-0.3, -0.25) is 19.8 Å². The van der Waals surface area contributed by atoms with Gasteiger partial charge in [0.1, 0.15) is 0 Å². The lowest BCUT2D eigenvalue weighted by molar-refractivity contribution is -0.130. The lowest BCUT2D eigenvalue weighted by Crippen LogP contribution is -2.50. The third-order valence-electron chi connectivity index (χ3n) is 4.58. The highest BCUT2D eigenvalue weighted by atomic mass is 32.1. The zero-order valence-electron chi connectivity index (χ0n) is 14.2. The number of carbonyl (C=O) groups excluding carboxylic acids is 3. The average molecular weight is 369 g/mol. The molecule has 1 aliphatic carbocycles. The van der Waals surface area contributed by atoms with Crippen LogP contribution in [-0.2, 0) is 16.1 Å². The van der Waals surface area contributed by atoms with Crippen molar-refractivity contribution in [2.45, 2.75) is 38.3 Å². The summed E-state index contributed by atoms with van der Waals surface area (Å²) in [5.41, 5.74) is 3.72. The van der Waals surface area contributed by atoms with Gasteiger partial charge in [-0.15, -0.1) is 11.3 Å². The molecule has 3 amide bonds. The Morgan fingerprint density at radius 2 is 1.92 bits per heavy atom. The molecule has 0 unspecified atom stereocenters. The molecule has 2 heterocycles. The van der Waals surface area contributed by atoms with E-state index in [1.54, 1.807) is 35.6 Å². The Balaban J connectivity index is 1.51. The number of thiophene rings is 1. The first-order valence-corrected chi connectivity index (χ1v) is 9.55. The van der Waals surface area contributed by atoms with Crippen molar-refractivity contribution >= 4 is 34.7 Å². The SMILES string of the molecule is O=C1CCC(=O)N(c2ccc(C(=O)N(Cc3cccs3)C3CC3)cc2)N1. The molecule has 1 aromatic carbocycles. The number of amides is 3. The van der Waals surface area contributed by atoms with Gasteiger partial charge in [-0.1, -0.05) is 6.07 Å². The second-order valence-electron chi connectivity index (χ2n) is 6.55. The van der Waals surface area contributed by atoms with Gasteiger partial charge in [0.25, 0.3) is 5.91 Å². The molecule has 0 radical (unpaired) electrons. The van der Waals surface area contributed by atoms with Crippen LogP contribution in [0.4, 0.5) is 5.69 Å². The number of nitrogens with one attached hydrogen (secondary N) is 1. The maximum Gasteiger partial charge on any atom is 0.254 e. The van der Waals surface area contributed by atoms with Gasteiger partial charge in [0.2, 0.25) is 11.8 Å². The van der Waals surface area contributed by atoms with Gasteiger partial charge in [-0.05, 0) is 48.6 Å². The van der Waals surface area contributed by atoms with Crippen LogP contribution in [0.15, 0.2) is 41.8 Å². The Kier molecular flexibility index (Phi) is 4.46. The average Bonchev–Trinajstić information content (AvgIpc) is 3.37. The second kappa shape index (κ2) is 6.92. The van der Waals surface area contributed by atoms with E-state index in [-0.39, 0.29) is 30.6 Å². The van der Waals surface area contributed by atoms with Crippen molar-refractivity contribution in [1.29, 1.82) is 0 Å². The highest BCUT2D eigenvalue weighted by Crippen LogP contribution is 2.31. The molecule has 134 valence electrons. The van der Waals surface area contributed by atoms with Gasteiger partial charge >= 0.3 is 0 Å². The first kappa shape index (κ1) is 16.8. The maximum absolute atomic E-state index is 12.9. The van der Waals surface area contributed by atoms with Crippen LogP contribution in [0.1, 0.15) is 40.9 Å². The van der Waals surface area contributed by atoms with Crippen LogP contribution >= 0.6 is 11.3 Å². The van der Waals surface area contributed by atoms with E-state index in [9.17, 15) is 14.4 Å². The number of hydrazine groups is 1. The Bertz CT molecular complexity index is 828. The molecule has 0 bridgehead atoms. The van der Waals surface area contributed by atoms with E-state index in [0.717, 1.165) is 12.8 Å². The minimum Gasteiger partial charge on any atom is -0.331 e. The fourth-order valence-electron chi connectivity index (χ4n) is 3.03. The maximum atomic E-state index is 12.9. The van der Waals surface area contributed by atoms with Crippen LogP contribution in [0.3, 0.4) is 0 Å². The summed E-state index contributed by atoms with van der Waals surface area (Å²) < 4.78 is 0. The molecule has 2 aliphatic rings. The zero-order chi connectivity index (χ0) is 18.1. The normalized spacial score (nSPS) is 17.2. The monoisotopic (exact) mass is 369 g/mol. The summed E-state index contributed by atoms with van der Waals surface area (Å²) in [5.74, 6) is -0.331. The molecule has 0 spiro atoms. The van der Waals surface area contributed by atoms with Gasteiger partial charge in [0.15, 0.2) is 0 Å². The first-order valence-electron chi connectivity index (χ1n) is 8.67. The van der Waals surface area contributed by atoms with Crippen LogP contribution in [-0.4, -0.2) is 28.7 Å². The van der Waals surface area contributed by atoms with Gasteiger partial charge in [0, 0.05) is 29.3 Å². The number of anilines is 1. The highest BCUT2D eigenvalue weighted by Gasteiger charge is 2.33. The Hall–Kier alpha value is -2.67. The molecule has 4 rings (SSSR count). The number of nitrogens with zero attached hydrogens (tertiary/aromatic N) is 2. The molecule has 7 heteroatoms. The number of hydrogen-bond donors (Lipinski definition) is 1. The van der Waals surface area contributed by atoms with E-state index in [2.05, 4.69) is 5.43 Å². The molecular weight excluding hydrogens is 350 g/mol. The van der Waals surface area contributed by atoms with Crippen LogP contribution in [0.25, 0.3) is 0 Å². The van der Waals surface area contributed by atoms with Crippen LogP contribution in [0.5, 0.6) is 0 Å². The first-order chi connectivity index (χ1) is 12.6. The lowest BCUT2D eigenvalue weighted by atomic mass is 10.1. The van der Waals surface area contributed by atoms with Crippen molar-refractivity contribution in [3.8, 4) is 0 Å². The summed E-state index contributed by atoms with van der Waals surface area (Å²) in [5, 5.41) is 3.27. The van der Waals surface area contributed by atoms with Crippen molar-refractivity contribution in [3.05, 3.63) is 52.2 Å². The van der Waals surface area contributed by atoms with E-state index < -0.39 is 0 Å². The Morgan fingerprint density at radius 1 is 1.15 bits per heavy atom. The van der Waals surface area contributed by atoms with Crippen molar-refractivity contribution in [3.63, 3.8) is 0 Å². The molecule has 1 N–H and O–H groups in total. The summed E-state index contributed by atoms with van der Waals surface area (Å²) in [6.07, 6.45) is 2.50. The minimum atomic E-state index is -0.180. The van der Waals surface area contributed by atoms with Crippen molar-refractivity contribution < 1.29 is 14.4 Å². The number of hydrogen-bond acceptors (Lipinski definition) is 4. The van der Waals surface area contributed by atoms with Crippen LogP contribution < -0.4 is 10.4 Å². The molecule has 0 atom stereocenters. The van der Waals surface area contributed by atoms with E-state index >= 15 is 0 Å². The summed E-state index contributed by atoms with van der Waals surface area (Å²) in [6, 6.07) is 11.2. The Labute approximate surface area is 155 Å². The fourth-order valence-corrected chi connectivity index (χ4v) is 3.73. The summed E-state index contributed by atoms with van der Waals surface area (Å²) in [4.78, 5) is 39.5. The number of carbonyl (C=O) groups is 3. The van der Waals surface area contributed by atoms with E-state index in [1.807, 2.05) is 22.4 Å². The predicted molar refractivity (Wildman–Crippen MR) is 98.5 cm³/mol. The molecule has 2 fully saturated rings. The van der Waals surface area contributed by atoms with E-state index in [0.29, 0.717) is 23.8 Å². The van der Waals surface area contributed by atoms with E-state index in [4.69, 9.17) is 0 Å². The highest BCUT2D eigenvalue weighted by molar-refractivity contribution is 7.09. The molecule has 1 saturated heterocycles. The lowest BCUT2D eigenvalue weighted by Gasteiger charge is -2.27.